The second-order valence-electron chi connectivity index (χ2n) is 8.47. The molecule has 33 heavy (non-hydrogen) atoms. The molecule has 0 aromatic heterocycles. The van der Waals surface area contributed by atoms with Crippen LogP contribution in [0.1, 0.15) is 57.7 Å². The molecule has 3 amide bonds. The summed E-state index contributed by atoms with van der Waals surface area (Å²) in [5.74, 6) is 1.48. The smallest absolute Gasteiger partial charge is 0.408 e. The molecule has 180 valence electrons. The van der Waals surface area contributed by atoms with Gasteiger partial charge in [0.05, 0.1) is 6.61 Å². The molecule has 2 unspecified atom stereocenters. The number of aliphatic hydroxyl groups excluding tert-OH is 1. The number of unbranched alkanes of at least 4 members (excludes halogenated alkanes) is 1. The first-order valence-corrected chi connectivity index (χ1v) is 10.9. The number of nitrogens with one attached hydrogen (secondary N) is 2. The van der Waals surface area contributed by atoms with E-state index < -0.39 is 36.3 Å². The minimum atomic E-state index is -1.31. The van der Waals surface area contributed by atoms with E-state index in [1.807, 2.05) is 6.92 Å². The SMILES string of the molecule is C#Cc1ccc(C(C(=O)NCCCC)N(CC=C)C(=O)C(CO)NC(=O)OC(C)(C)C)cc1. The fourth-order valence-corrected chi connectivity index (χ4v) is 3.02. The van der Waals surface area contributed by atoms with Crippen molar-refractivity contribution in [1.29, 1.82) is 0 Å². The highest BCUT2D eigenvalue weighted by molar-refractivity contribution is 5.92. The van der Waals surface area contributed by atoms with E-state index in [-0.39, 0.29) is 12.5 Å². The number of amides is 3. The molecule has 0 aliphatic rings. The zero-order chi connectivity index (χ0) is 25.0. The zero-order valence-corrected chi connectivity index (χ0v) is 19.9. The monoisotopic (exact) mass is 457 g/mol. The molecule has 3 N–H and O–H groups in total. The van der Waals surface area contributed by atoms with E-state index in [1.54, 1.807) is 45.0 Å². The molecule has 0 saturated heterocycles. The Morgan fingerprint density at radius 1 is 1.27 bits per heavy atom. The summed E-state index contributed by atoms with van der Waals surface area (Å²) in [5.41, 5.74) is 0.381. The van der Waals surface area contributed by atoms with Gasteiger partial charge < -0.3 is 25.4 Å². The lowest BCUT2D eigenvalue weighted by molar-refractivity contribution is -0.142. The number of aliphatic hydroxyl groups is 1. The zero-order valence-electron chi connectivity index (χ0n) is 19.9. The number of carbonyl (C=O) groups is 3. The quantitative estimate of drug-likeness (QED) is 0.269. The van der Waals surface area contributed by atoms with Crippen molar-refractivity contribution in [2.45, 2.75) is 58.2 Å². The van der Waals surface area contributed by atoms with Crippen LogP contribution in [-0.4, -0.2) is 59.3 Å². The van der Waals surface area contributed by atoms with E-state index in [4.69, 9.17) is 11.2 Å². The van der Waals surface area contributed by atoms with Gasteiger partial charge in [-0.25, -0.2) is 4.79 Å². The predicted molar refractivity (Wildman–Crippen MR) is 127 cm³/mol. The first-order valence-electron chi connectivity index (χ1n) is 10.9. The van der Waals surface area contributed by atoms with Crippen molar-refractivity contribution in [3.8, 4) is 12.3 Å². The molecule has 0 fully saturated rings. The minimum absolute atomic E-state index is 0.00802. The minimum Gasteiger partial charge on any atom is -0.444 e. The van der Waals surface area contributed by atoms with Crippen molar-refractivity contribution in [2.24, 2.45) is 0 Å². The second kappa shape index (κ2) is 13.3. The molecule has 0 saturated carbocycles. The maximum Gasteiger partial charge on any atom is 0.408 e. The summed E-state index contributed by atoms with van der Waals surface area (Å²) in [6.07, 6.45) is 7.73. The third kappa shape index (κ3) is 8.99. The van der Waals surface area contributed by atoms with Crippen LogP contribution < -0.4 is 10.6 Å². The Labute approximate surface area is 196 Å². The van der Waals surface area contributed by atoms with Gasteiger partial charge in [0.15, 0.2) is 0 Å². The van der Waals surface area contributed by atoms with E-state index in [2.05, 4.69) is 23.1 Å². The Kier molecular flexibility index (Phi) is 11.2. The Balaban J connectivity index is 3.29. The number of hydrogen-bond donors (Lipinski definition) is 3. The van der Waals surface area contributed by atoms with Crippen LogP contribution in [0.2, 0.25) is 0 Å². The van der Waals surface area contributed by atoms with Gasteiger partial charge in [-0.3, -0.25) is 9.59 Å². The van der Waals surface area contributed by atoms with Crippen molar-refractivity contribution < 1.29 is 24.2 Å². The molecule has 0 spiro atoms. The van der Waals surface area contributed by atoms with E-state index in [1.165, 1.54) is 11.0 Å². The van der Waals surface area contributed by atoms with Gasteiger partial charge in [0, 0.05) is 18.7 Å². The lowest BCUT2D eigenvalue weighted by atomic mass is 10.0. The summed E-state index contributed by atoms with van der Waals surface area (Å²) >= 11 is 0. The first kappa shape index (κ1) is 27.7. The normalized spacial score (nSPS) is 12.6. The fourth-order valence-electron chi connectivity index (χ4n) is 3.02. The molecule has 8 nitrogen and oxygen atoms in total. The standard InChI is InChI=1S/C25H35N3O5/c1-7-10-15-26-22(30)21(19-13-11-18(9-3)12-14-19)28(16-8-2)23(31)20(17-29)27-24(32)33-25(4,5)6/h3,8,11-14,20-21,29H,2,7,10,15-17H2,1,4-6H3,(H,26,30)(H,27,32). The van der Waals surface area contributed by atoms with Gasteiger partial charge in [-0.15, -0.1) is 13.0 Å². The molecule has 0 aliphatic heterocycles. The molecule has 0 bridgehead atoms. The molecule has 2 atom stereocenters. The first-order chi connectivity index (χ1) is 15.6. The van der Waals surface area contributed by atoms with Gasteiger partial charge in [-0.1, -0.05) is 37.5 Å². The Morgan fingerprint density at radius 2 is 1.91 bits per heavy atom. The number of benzene rings is 1. The van der Waals surface area contributed by atoms with E-state index in [9.17, 15) is 19.5 Å². The number of alkyl carbamates (subject to hydrolysis) is 1. The topological polar surface area (TPSA) is 108 Å². The van der Waals surface area contributed by atoms with Crippen molar-refractivity contribution in [1.82, 2.24) is 15.5 Å². The molecule has 8 heteroatoms. The van der Waals surface area contributed by atoms with Crippen molar-refractivity contribution in [2.75, 3.05) is 19.7 Å². The number of rotatable bonds is 11. The van der Waals surface area contributed by atoms with Gasteiger partial charge >= 0.3 is 6.09 Å². The number of hydrogen-bond acceptors (Lipinski definition) is 5. The molecule has 0 radical (unpaired) electrons. The van der Waals surface area contributed by atoms with Crippen molar-refractivity contribution in [3.63, 3.8) is 0 Å². The third-order valence-corrected chi connectivity index (χ3v) is 4.56. The average molecular weight is 458 g/mol. The maximum absolute atomic E-state index is 13.4. The molecule has 1 rings (SSSR count). The van der Waals surface area contributed by atoms with Crippen LogP contribution in [0.4, 0.5) is 4.79 Å². The number of terminal acetylenes is 1. The Bertz CT molecular complexity index is 852. The van der Waals surface area contributed by atoms with Crippen LogP contribution in [0.25, 0.3) is 0 Å². The average Bonchev–Trinajstić information content (AvgIpc) is 2.76. The van der Waals surface area contributed by atoms with Gasteiger partial charge in [0.1, 0.15) is 17.7 Å². The maximum atomic E-state index is 13.4. The van der Waals surface area contributed by atoms with Crippen LogP contribution in [-0.2, 0) is 14.3 Å². The van der Waals surface area contributed by atoms with Gasteiger partial charge in [0.2, 0.25) is 11.8 Å². The number of nitrogens with zero attached hydrogens (tertiary/aromatic N) is 1. The van der Waals surface area contributed by atoms with E-state index in [0.717, 1.165) is 12.8 Å². The summed E-state index contributed by atoms with van der Waals surface area (Å²) in [6.45, 7) is 10.5. The largest absolute Gasteiger partial charge is 0.444 e. The van der Waals surface area contributed by atoms with Crippen molar-refractivity contribution in [3.05, 3.63) is 48.0 Å². The van der Waals surface area contributed by atoms with Crippen LogP contribution in [0, 0.1) is 12.3 Å². The molecule has 1 aromatic rings. The second-order valence-corrected chi connectivity index (χ2v) is 8.47. The Hall–Kier alpha value is -3.31. The number of carbonyl (C=O) groups excluding carboxylic acids is 3. The van der Waals surface area contributed by atoms with Crippen LogP contribution in [0.5, 0.6) is 0 Å². The van der Waals surface area contributed by atoms with E-state index >= 15 is 0 Å². The van der Waals surface area contributed by atoms with E-state index in [0.29, 0.717) is 17.7 Å². The highest BCUT2D eigenvalue weighted by Crippen LogP contribution is 2.23. The van der Waals surface area contributed by atoms with Gasteiger partial charge in [0.25, 0.3) is 0 Å². The Morgan fingerprint density at radius 3 is 2.39 bits per heavy atom. The summed E-state index contributed by atoms with van der Waals surface area (Å²) in [6, 6.07) is 4.39. The van der Waals surface area contributed by atoms with Crippen LogP contribution >= 0.6 is 0 Å². The molecule has 0 aliphatic carbocycles. The number of ether oxygens (including phenoxy) is 1. The van der Waals surface area contributed by atoms with Gasteiger partial charge in [-0.2, -0.15) is 0 Å². The summed E-state index contributed by atoms with van der Waals surface area (Å²) in [4.78, 5) is 40.0. The summed E-state index contributed by atoms with van der Waals surface area (Å²) in [7, 11) is 0. The van der Waals surface area contributed by atoms with Crippen LogP contribution in [0.15, 0.2) is 36.9 Å². The molecular weight excluding hydrogens is 422 g/mol. The fraction of sp³-hybridized carbons (Fsp3) is 0.480. The lowest BCUT2D eigenvalue weighted by Gasteiger charge is -2.33. The van der Waals surface area contributed by atoms with Crippen LogP contribution in [0.3, 0.4) is 0 Å². The third-order valence-electron chi connectivity index (χ3n) is 4.56. The lowest BCUT2D eigenvalue weighted by Crippen LogP contribution is -2.54. The highest BCUT2D eigenvalue weighted by Gasteiger charge is 2.35. The highest BCUT2D eigenvalue weighted by atomic mass is 16.6. The predicted octanol–water partition coefficient (Wildman–Crippen LogP) is 2.53. The molecule has 0 heterocycles. The molecular formula is C25H35N3O5. The van der Waals surface area contributed by atoms with Gasteiger partial charge in [-0.05, 0) is 44.9 Å². The molecule has 1 aromatic carbocycles. The van der Waals surface area contributed by atoms with Crippen molar-refractivity contribution >= 4 is 17.9 Å². The summed E-state index contributed by atoms with van der Waals surface area (Å²) in [5, 5.41) is 15.1. The summed E-state index contributed by atoms with van der Waals surface area (Å²) < 4.78 is 5.19.